The summed E-state index contributed by atoms with van der Waals surface area (Å²) in [5.74, 6) is 0.232. The number of benzene rings is 2. The van der Waals surface area contributed by atoms with Gasteiger partial charge >= 0.3 is 13.0 Å². The van der Waals surface area contributed by atoms with Crippen LogP contribution >= 0.6 is 0 Å². The molecule has 1 heterocycles. The van der Waals surface area contributed by atoms with E-state index in [0.29, 0.717) is 29.3 Å². The Bertz CT molecular complexity index is 1090. The average Bonchev–Trinajstić information content (AvgIpc) is 2.76. The third kappa shape index (κ3) is 8.89. The van der Waals surface area contributed by atoms with Gasteiger partial charge in [-0.3, -0.25) is 0 Å². The SMILES string of the molecule is CN(C)CCCNc1nc(Nc2ccc(OC(F)F)cc2)cc(-c2cccc(OC(F)(F)F)c2)n1. The van der Waals surface area contributed by atoms with Crippen molar-refractivity contribution in [3.63, 3.8) is 0 Å². The van der Waals surface area contributed by atoms with Crippen LogP contribution in [0, 0.1) is 0 Å². The minimum Gasteiger partial charge on any atom is -0.435 e. The van der Waals surface area contributed by atoms with Crippen molar-refractivity contribution in [1.82, 2.24) is 14.9 Å². The van der Waals surface area contributed by atoms with E-state index >= 15 is 0 Å². The predicted molar refractivity (Wildman–Crippen MR) is 122 cm³/mol. The van der Waals surface area contributed by atoms with E-state index in [1.807, 2.05) is 19.0 Å². The fourth-order valence-electron chi connectivity index (χ4n) is 3.05. The largest absolute Gasteiger partial charge is 0.573 e. The van der Waals surface area contributed by atoms with E-state index in [1.54, 1.807) is 12.1 Å². The van der Waals surface area contributed by atoms with Crippen LogP contribution in [0.1, 0.15) is 6.42 Å². The van der Waals surface area contributed by atoms with Gasteiger partial charge in [-0.2, -0.15) is 13.8 Å². The van der Waals surface area contributed by atoms with Gasteiger partial charge in [-0.15, -0.1) is 13.2 Å². The molecule has 35 heavy (non-hydrogen) atoms. The standard InChI is InChI=1S/C23H24F5N5O2/c1-33(2)12-4-11-29-22-31-19(15-5-3-6-18(13-15)35-23(26,27)28)14-20(32-22)30-16-7-9-17(10-8-16)34-21(24)25/h3,5-10,13-14,21H,4,11-12H2,1-2H3,(H2,29,30,31,32). The number of halogens is 5. The Labute approximate surface area is 198 Å². The lowest BCUT2D eigenvalue weighted by Gasteiger charge is -2.14. The predicted octanol–water partition coefficient (Wildman–Crippen LogP) is 5.75. The zero-order chi connectivity index (χ0) is 25.4. The van der Waals surface area contributed by atoms with Gasteiger partial charge in [-0.1, -0.05) is 12.1 Å². The number of nitrogens with zero attached hydrogens (tertiary/aromatic N) is 3. The third-order valence-corrected chi connectivity index (χ3v) is 4.51. The summed E-state index contributed by atoms with van der Waals surface area (Å²) >= 11 is 0. The highest BCUT2D eigenvalue weighted by Crippen LogP contribution is 2.29. The Hall–Kier alpha value is -3.67. The van der Waals surface area contributed by atoms with Crippen LogP contribution in [-0.2, 0) is 0 Å². The number of anilines is 3. The van der Waals surface area contributed by atoms with Crippen molar-refractivity contribution < 1.29 is 31.4 Å². The minimum atomic E-state index is -4.82. The van der Waals surface area contributed by atoms with Gasteiger partial charge in [0.2, 0.25) is 5.95 Å². The molecule has 3 rings (SSSR count). The molecule has 12 heteroatoms. The fourth-order valence-corrected chi connectivity index (χ4v) is 3.05. The van der Waals surface area contributed by atoms with Gasteiger partial charge < -0.3 is 25.0 Å². The topological polar surface area (TPSA) is 71.5 Å². The molecule has 0 saturated heterocycles. The summed E-state index contributed by atoms with van der Waals surface area (Å²) in [4.78, 5) is 10.9. The molecule has 0 aliphatic heterocycles. The lowest BCUT2D eigenvalue weighted by molar-refractivity contribution is -0.274. The summed E-state index contributed by atoms with van der Waals surface area (Å²) < 4.78 is 71.1. The summed E-state index contributed by atoms with van der Waals surface area (Å²) in [6.45, 7) is -1.53. The Kier molecular flexibility index (Phi) is 8.63. The third-order valence-electron chi connectivity index (χ3n) is 4.51. The molecular weight excluding hydrogens is 473 g/mol. The lowest BCUT2D eigenvalue weighted by atomic mass is 10.1. The molecule has 7 nitrogen and oxygen atoms in total. The maximum atomic E-state index is 12.7. The van der Waals surface area contributed by atoms with Crippen LogP contribution in [0.15, 0.2) is 54.6 Å². The molecule has 0 spiro atoms. The summed E-state index contributed by atoms with van der Waals surface area (Å²) in [6.07, 6.45) is -4.01. The molecule has 0 saturated carbocycles. The lowest BCUT2D eigenvalue weighted by Crippen LogP contribution is -2.17. The number of hydrogen-bond donors (Lipinski definition) is 2. The molecule has 1 aromatic heterocycles. The van der Waals surface area contributed by atoms with E-state index in [2.05, 4.69) is 30.1 Å². The minimum absolute atomic E-state index is 0.00125. The second kappa shape index (κ2) is 11.6. The maximum absolute atomic E-state index is 12.7. The van der Waals surface area contributed by atoms with E-state index in [9.17, 15) is 22.0 Å². The van der Waals surface area contributed by atoms with E-state index in [-0.39, 0.29) is 17.4 Å². The van der Waals surface area contributed by atoms with Crippen LogP contribution in [0.5, 0.6) is 11.5 Å². The van der Waals surface area contributed by atoms with Crippen molar-refractivity contribution in [1.29, 1.82) is 0 Å². The summed E-state index contributed by atoms with van der Waals surface area (Å²) in [5, 5.41) is 6.16. The first-order valence-corrected chi connectivity index (χ1v) is 10.5. The van der Waals surface area contributed by atoms with Crippen LogP contribution in [-0.4, -0.2) is 55.0 Å². The highest BCUT2D eigenvalue weighted by molar-refractivity contribution is 5.68. The summed E-state index contributed by atoms with van der Waals surface area (Å²) in [7, 11) is 3.90. The van der Waals surface area contributed by atoms with Gasteiger partial charge in [0.05, 0.1) is 5.69 Å². The van der Waals surface area contributed by atoms with Gasteiger partial charge in [0.15, 0.2) is 0 Å². The molecule has 0 unspecified atom stereocenters. The second-order valence-corrected chi connectivity index (χ2v) is 7.65. The summed E-state index contributed by atoms with van der Waals surface area (Å²) in [6, 6.07) is 12.8. The molecule has 0 aliphatic rings. The molecule has 0 radical (unpaired) electrons. The normalized spacial score (nSPS) is 11.6. The van der Waals surface area contributed by atoms with E-state index in [4.69, 9.17) is 0 Å². The molecule has 0 atom stereocenters. The van der Waals surface area contributed by atoms with Gasteiger partial charge in [-0.05, 0) is 63.5 Å². The first-order valence-electron chi connectivity index (χ1n) is 10.5. The molecule has 3 aromatic rings. The molecule has 2 N–H and O–H groups in total. The number of nitrogens with one attached hydrogen (secondary N) is 2. The van der Waals surface area contributed by atoms with Crippen molar-refractivity contribution in [2.45, 2.75) is 19.4 Å². The van der Waals surface area contributed by atoms with E-state index in [0.717, 1.165) is 13.0 Å². The van der Waals surface area contributed by atoms with Gasteiger partial charge in [0, 0.05) is 23.9 Å². The Morgan fingerprint density at radius 2 is 1.71 bits per heavy atom. The number of hydrogen-bond acceptors (Lipinski definition) is 7. The smallest absolute Gasteiger partial charge is 0.435 e. The van der Waals surface area contributed by atoms with Crippen LogP contribution < -0.4 is 20.1 Å². The van der Waals surface area contributed by atoms with Crippen molar-refractivity contribution in [3.8, 4) is 22.8 Å². The first kappa shape index (κ1) is 25.9. The van der Waals surface area contributed by atoms with Gasteiger partial charge in [-0.25, -0.2) is 4.98 Å². The fraction of sp³-hybridized carbons (Fsp3) is 0.304. The van der Waals surface area contributed by atoms with Gasteiger partial charge in [0.1, 0.15) is 17.3 Å². The zero-order valence-corrected chi connectivity index (χ0v) is 18.9. The number of ether oxygens (including phenoxy) is 2. The average molecular weight is 497 g/mol. The van der Waals surface area contributed by atoms with E-state index < -0.39 is 13.0 Å². The van der Waals surface area contributed by atoms with Gasteiger partial charge in [0.25, 0.3) is 0 Å². The molecule has 2 aromatic carbocycles. The second-order valence-electron chi connectivity index (χ2n) is 7.65. The zero-order valence-electron chi connectivity index (χ0n) is 18.9. The molecule has 0 amide bonds. The van der Waals surface area contributed by atoms with Crippen LogP contribution in [0.3, 0.4) is 0 Å². The molecule has 0 fully saturated rings. The molecule has 0 aliphatic carbocycles. The van der Waals surface area contributed by atoms with Crippen LogP contribution in [0.4, 0.5) is 39.4 Å². The monoisotopic (exact) mass is 497 g/mol. The van der Waals surface area contributed by atoms with Crippen LogP contribution in [0.2, 0.25) is 0 Å². The molecular formula is C23H24F5N5O2. The van der Waals surface area contributed by atoms with Crippen LogP contribution in [0.25, 0.3) is 11.3 Å². The Balaban J connectivity index is 1.86. The molecule has 0 bridgehead atoms. The highest BCUT2D eigenvalue weighted by Gasteiger charge is 2.31. The number of alkyl halides is 5. The Morgan fingerprint density at radius 1 is 0.971 bits per heavy atom. The Morgan fingerprint density at radius 3 is 2.37 bits per heavy atom. The molecule has 188 valence electrons. The van der Waals surface area contributed by atoms with Crippen molar-refractivity contribution in [3.05, 3.63) is 54.6 Å². The number of aromatic nitrogens is 2. The maximum Gasteiger partial charge on any atom is 0.573 e. The van der Waals surface area contributed by atoms with Crippen molar-refractivity contribution in [2.75, 3.05) is 37.8 Å². The van der Waals surface area contributed by atoms with Crippen molar-refractivity contribution >= 4 is 17.5 Å². The van der Waals surface area contributed by atoms with E-state index in [1.165, 1.54) is 42.5 Å². The summed E-state index contributed by atoms with van der Waals surface area (Å²) in [5.41, 5.74) is 1.26. The highest BCUT2D eigenvalue weighted by atomic mass is 19.4. The number of rotatable bonds is 11. The van der Waals surface area contributed by atoms with Crippen molar-refractivity contribution in [2.24, 2.45) is 0 Å². The quantitative estimate of drug-likeness (QED) is 0.258. The first-order chi connectivity index (χ1) is 16.6.